The van der Waals surface area contributed by atoms with E-state index in [4.69, 9.17) is 24.8 Å². The fourth-order valence-corrected chi connectivity index (χ4v) is 6.43. The number of carboxylic acids is 1. The Kier molecular flexibility index (Phi) is 37.1. The second-order valence-electron chi connectivity index (χ2n) is 14.7. The van der Waals surface area contributed by atoms with Gasteiger partial charge in [-0.3, -0.25) is 23.4 Å². The number of phosphoric acid groups is 1. The zero-order chi connectivity index (χ0) is 42.2. The van der Waals surface area contributed by atoms with Crippen LogP contribution in [0.1, 0.15) is 174 Å². The van der Waals surface area contributed by atoms with Gasteiger partial charge in [0.2, 0.25) is 0 Å². The highest BCUT2D eigenvalue weighted by Crippen LogP contribution is 2.43. The van der Waals surface area contributed by atoms with Gasteiger partial charge in [0.1, 0.15) is 12.6 Å². The Morgan fingerprint density at radius 2 is 1.14 bits per heavy atom. The summed E-state index contributed by atoms with van der Waals surface area (Å²) < 4.78 is 32.5. The first-order chi connectivity index (χ1) is 27.5. The molecule has 12 nitrogen and oxygen atoms in total. The number of carbonyl (C=O) groups excluding carboxylic acids is 2. The van der Waals surface area contributed by atoms with E-state index in [0.717, 1.165) is 44.9 Å². The molecule has 330 valence electrons. The molecule has 0 fully saturated rings. The number of hydrogen-bond acceptors (Lipinski definition) is 10. The van der Waals surface area contributed by atoms with E-state index in [2.05, 4.69) is 42.7 Å². The van der Waals surface area contributed by atoms with E-state index in [1.165, 1.54) is 83.5 Å². The summed E-state index contributed by atoms with van der Waals surface area (Å²) in [6.07, 6.45) is 39.2. The molecule has 0 aliphatic carbocycles. The molecule has 0 heterocycles. The molecule has 0 aliphatic heterocycles. The van der Waals surface area contributed by atoms with Crippen LogP contribution in [-0.4, -0.2) is 71.1 Å². The first-order valence-electron chi connectivity index (χ1n) is 21.8. The summed E-state index contributed by atoms with van der Waals surface area (Å²) in [7, 11) is -4.76. The van der Waals surface area contributed by atoms with Gasteiger partial charge in [0.25, 0.3) is 0 Å². The van der Waals surface area contributed by atoms with Gasteiger partial charge < -0.3 is 30.3 Å². The van der Waals surface area contributed by atoms with Crippen molar-refractivity contribution in [3.05, 3.63) is 48.6 Å². The smallest absolute Gasteiger partial charge is 0.472 e. The lowest BCUT2D eigenvalue weighted by molar-refractivity contribution is -0.161. The third-order valence-corrected chi connectivity index (χ3v) is 10.1. The van der Waals surface area contributed by atoms with E-state index in [1.54, 1.807) is 12.2 Å². The van der Waals surface area contributed by atoms with Crippen LogP contribution in [-0.2, 0) is 37.5 Å². The van der Waals surface area contributed by atoms with Crippen molar-refractivity contribution in [2.45, 2.75) is 193 Å². The minimum Gasteiger partial charge on any atom is -0.480 e. The van der Waals surface area contributed by atoms with Gasteiger partial charge in [0, 0.05) is 12.8 Å². The number of aliphatic carboxylic acids is 1. The quantitative estimate of drug-likeness (QED) is 0.0150. The first-order valence-corrected chi connectivity index (χ1v) is 23.3. The van der Waals surface area contributed by atoms with Crippen molar-refractivity contribution in [3.8, 4) is 0 Å². The lowest BCUT2D eigenvalue weighted by Gasteiger charge is -2.20. The highest BCUT2D eigenvalue weighted by Gasteiger charge is 2.28. The van der Waals surface area contributed by atoms with Gasteiger partial charge in [0.15, 0.2) is 6.10 Å². The van der Waals surface area contributed by atoms with Gasteiger partial charge in [-0.15, -0.1) is 0 Å². The maximum absolute atomic E-state index is 12.6. The maximum Gasteiger partial charge on any atom is 0.472 e. The van der Waals surface area contributed by atoms with Crippen LogP contribution in [0.3, 0.4) is 0 Å². The average molecular weight is 828 g/mol. The van der Waals surface area contributed by atoms with Crippen LogP contribution in [0.15, 0.2) is 48.6 Å². The van der Waals surface area contributed by atoms with E-state index in [-0.39, 0.29) is 12.8 Å². The average Bonchev–Trinajstić information content (AvgIpc) is 3.18. The van der Waals surface area contributed by atoms with Crippen molar-refractivity contribution in [1.82, 2.24) is 0 Å². The van der Waals surface area contributed by atoms with Crippen molar-refractivity contribution in [3.63, 3.8) is 0 Å². The van der Waals surface area contributed by atoms with Crippen LogP contribution >= 0.6 is 7.82 Å². The molecule has 0 amide bonds. The van der Waals surface area contributed by atoms with Crippen molar-refractivity contribution in [1.29, 1.82) is 0 Å². The Balaban J connectivity index is 4.55. The molecular formula is C44H78NO11P. The summed E-state index contributed by atoms with van der Waals surface area (Å²) in [5.41, 5.74) is 5.32. The molecule has 0 aromatic heterocycles. The van der Waals surface area contributed by atoms with Crippen molar-refractivity contribution < 1.29 is 52.6 Å². The van der Waals surface area contributed by atoms with Crippen LogP contribution in [0.5, 0.6) is 0 Å². The lowest BCUT2D eigenvalue weighted by atomic mass is 10.1. The summed E-state index contributed by atoms with van der Waals surface area (Å²) in [5.74, 6) is -2.60. The fraction of sp³-hybridized carbons (Fsp3) is 0.750. The second kappa shape index (κ2) is 38.9. The normalized spacial score (nSPS) is 14.8. The van der Waals surface area contributed by atoms with Gasteiger partial charge in [-0.05, 0) is 64.2 Å². The minimum atomic E-state index is -4.76. The van der Waals surface area contributed by atoms with Crippen molar-refractivity contribution >= 4 is 25.7 Å². The Bertz CT molecular complexity index is 1170. The molecule has 0 aromatic carbocycles. The van der Waals surface area contributed by atoms with Gasteiger partial charge in [-0.1, -0.05) is 146 Å². The number of rotatable bonds is 40. The highest BCUT2D eigenvalue weighted by molar-refractivity contribution is 7.47. The molecule has 0 bridgehead atoms. The topological polar surface area (TPSA) is 192 Å². The Labute approximate surface area is 344 Å². The molecule has 5 N–H and O–H groups in total. The number of phosphoric ester groups is 1. The molecule has 0 spiro atoms. The number of unbranched alkanes of at least 4 members (excludes halogenated alkanes) is 17. The minimum absolute atomic E-state index is 0.00380. The molecule has 0 saturated heterocycles. The van der Waals surface area contributed by atoms with Gasteiger partial charge in [0.05, 0.1) is 19.3 Å². The Hall–Kier alpha value is -2.60. The van der Waals surface area contributed by atoms with Crippen LogP contribution in [0.25, 0.3) is 0 Å². The molecule has 2 unspecified atom stereocenters. The number of ether oxygens (including phenoxy) is 2. The number of nitrogens with two attached hydrogens (primary N) is 1. The number of carbonyl (C=O) groups is 3. The summed E-state index contributed by atoms with van der Waals surface area (Å²) in [6, 6.07) is -1.55. The van der Waals surface area contributed by atoms with Crippen molar-refractivity contribution in [2.75, 3.05) is 19.8 Å². The molecule has 0 aromatic rings. The Morgan fingerprint density at radius 3 is 1.74 bits per heavy atom. The first kappa shape index (κ1) is 54.4. The van der Waals surface area contributed by atoms with E-state index in [0.29, 0.717) is 19.3 Å². The molecule has 13 heteroatoms. The van der Waals surface area contributed by atoms with Crippen LogP contribution in [0.2, 0.25) is 0 Å². The number of hydrogen-bond donors (Lipinski definition) is 4. The fourth-order valence-electron chi connectivity index (χ4n) is 5.66. The predicted molar refractivity (Wildman–Crippen MR) is 228 cm³/mol. The number of aliphatic hydroxyl groups is 1. The molecule has 0 radical (unpaired) electrons. The summed E-state index contributed by atoms with van der Waals surface area (Å²) in [6.45, 7) is 2.58. The maximum atomic E-state index is 12.6. The van der Waals surface area contributed by atoms with Crippen LogP contribution in [0, 0.1) is 0 Å². The third kappa shape index (κ3) is 38.7. The summed E-state index contributed by atoms with van der Waals surface area (Å²) in [4.78, 5) is 45.9. The van der Waals surface area contributed by atoms with E-state index in [9.17, 15) is 28.9 Å². The third-order valence-electron chi connectivity index (χ3n) is 9.15. The van der Waals surface area contributed by atoms with E-state index in [1.807, 2.05) is 12.2 Å². The zero-order valence-electron chi connectivity index (χ0n) is 35.3. The van der Waals surface area contributed by atoms with Gasteiger partial charge >= 0.3 is 25.7 Å². The zero-order valence-corrected chi connectivity index (χ0v) is 36.2. The molecule has 4 atom stereocenters. The molecule has 0 rings (SSSR count). The molecule has 0 saturated carbocycles. The van der Waals surface area contributed by atoms with E-state index >= 15 is 0 Å². The van der Waals surface area contributed by atoms with E-state index < -0.39 is 63.8 Å². The van der Waals surface area contributed by atoms with Gasteiger partial charge in [-0.2, -0.15) is 0 Å². The molecule has 57 heavy (non-hydrogen) atoms. The largest absolute Gasteiger partial charge is 0.480 e. The molecular weight excluding hydrogens is 749 g/mol. The molecule has 0 aliphatic rings. The standard InChI is InChI=1S/C44H78NO11P/c1-3-5-7-9-11-13-15-17-18-20-22-24-26-28-30-34-43(48)56-40(37-54-57(51,52)55-38-41(45)44(49)50)36-53-42(47)35-31-33-39(46)32-29-27-25-23-21-19-16-14-12-10-8-6-4-2/h13,15,19,21,25,27,29,32,39-41,46H,3-12,14,16-18,20,22-24,26,28,30-31,33-38,45H2,1-2H3,(H,49,50)(H,51,52)/b15-13-,21-19+,27-25+,32-29+/t39?,40-,41+/m1/s1. The van der Waals surface area contributed by atoms with Crippen molar-refractivity contribution in [2.24, 2.45) is 5.73 Å². The Morgan fingerprint density at radius 1 is 0.632 bits per heavy atom. The van der Waals surface area contributed by atoms with Gasteiger partial charge in [-0.25, -0.2) is 4.57 Å². The number of allylic oxidation sites excluding steroid dienone is 7. The van der Waals surface area contributed by atoms with Crippen LogP contribution in [0.4, 0.5) is 0 Å². The number of aliphatic hydroxyl groups excluding tert-OH is 1. The highest BCUT2D eigenvalue weighted by atomic mass is 31.2. The monoisotopic (exact) mass is 828 g/mol. The summed E-state index contributed by atoms with van der Waals surface area (Å²) in [5, 5.41) is 19.1. The predicted octanol–water partition coefficient (Wildman–Crippen LogP) is 10.4. The van der Waals surface area contributed by atoms with Crippen LogP contribution < -0.4 is 5.73 Å². The SMILES string of the molecule is CCCCCC/C=C\CCCCCCCCCC(=O)O[C@H](COC(=O)CCCC(O)/C=C/C=C/C/C=C/CCCCCCCC)COP(=O)(O)OC[C@H](N)C(=O)O. The summed E-state index contributed by atoms with van der Waals surface area (Å²) >= 11 is 0. The second-order valence-corrected chi connectivity index (χ2v) is 16.1. The number of carboxylic acid groups (broad SMARTS) is 1. The number of esters is 2. The lowest BCUT2D eigenvalue weighted by Crippen LogP contribution is -2.34.